The fourth-order valence-corrected chi connectivity index (χ4v) is 3.13. The minimum atomic E-state index is -3.51. The lowest BCUT2D eigenvalue weighted by Gasteiger charge is -2.25. The summed E-state index contributed by atoms with van der Waals surface area (Å²) in [6.45, 7) is 8.29. The molecule has 1 heterocycles. The van der Waals surface area contributed by atoms with Crippen LogP contribution in [-0.2, 0) is 9.84 Å². The molecule has 21 heavy (non-hydrogen) atoms. The number of carbonyl (C=O) groups excluding carboxylic acids is 1. The van der Waals surface area contributed by atoms with Crippen molar-refractivity contribution in [1.29, 1.82) is 0 Å². The van der Waals surface area contributed by atoms with Gasteiger partial charge in [-0.2, -0.15) is 4.68 Å². The van der Waals surface area contributed by atoms with Gasteiger partial charge in [-0.05, 0) is 26.7 Å². The molecule has 0 saturated heterocycles. The Balaban J connectivity index is 2.94. The van der Waals surface area contributed by atoms with Crippen molar-refractivity contribution >= 4 is 15.9 Å². The number of amides is 1. The van der Waals surface area contributed by atoms with Crippen LogP contribution in [-0.4, -0.2) is 52.5 Å². The fraction of sp³-hybridized carbons (Fsp3) is 0.769. The summed E-state index contributed by atoms with van der Waals surface area (Å²) in [5, 5.41) is 3.57. The van der Waals surface area contributed by atoms with Crippen LogP contribution in [0.2, 0.25) is 0 Å². The van der Waals surface area contributed by atoms with E-state index in [0.717, 1.165) is 17.5 Å². The van der Waals surface area contributed by atoms with Gasteiger partial charge < -0.3 is 4.90 Å². The number of rotatable bonds is 7. The Labute approximate surface area is 126 Å². The van der Waals surface area contributed by atoms with Crippen molar-refractivity contribution in [2.24, 2.45) is 0 Å². The van der Waals surface area contributed by atoms with E-state index in [-0.39, 0.29) is 23.0 Å². The summed E-state index contributed by atoms with van der Waals surface area (Å²) in [7, 11) is -3.51. The topological polar surface area (TPSA) is 85.2 Å². The smallest absolute Gasteiger partial charge is 0.320 e. The predicted octanol–water partition coefficient (Wildman–Crippen LogP) is 1.94. The Morgan fingerprint density at radius 2 is 2.00 bits per heavy atom. The highest BCUT2D eigenvalue weighted by molar-refractivity contribution is 7.91. The Kier molecular flexibility index (Phi) is 6.32. The lowest BCUT2D eigenvalue weighted by molar-refractivity contribution is 0.181. The molecule has 0 bridgehead atoms. The molecule has 0 aromatic carbocycles. The van der Waals surface area contributed by atoms with Gasteiger partial charge in [0, 0.05) is 12.6 Å². The molecule has 0 aliphatic rings. The van der Waals surface area contributed by atoms with Gasteiger partial charge in [0.25, 0.3) is 5.16 Å². The summed E-state index contributed by atoms with van der Waals surface area (Å²) in [6, 6.07) is -0.335. The number of hydrogen-bond acceptors (Lipinski definition) is 5. The van der Waals surface area contributed by atoms with Crippen LogP contribution >= 0.6 is 0 Å². The molecule has 1 aromatic heterocycles. The van der Waals surface area contributed by atoms with Gasteiger partial charge in [0.05, 0.1) is 5.75 Å². The molecule has 0 aliphatic carbocycles. The van der Waals surface area contributed by atoms with Gasteiger partial charge in [0.1, 0.15) is 6.33 Å². The molecule has 7 nitrogen and oxygen atoms in total. The number of aromatic nitrogens is 3. The van der Waals surface area contributed by atoms with E-state index in [0.29, 0.717) is 13.0 Å². The van der Waals surface area contributed by atoms with Gasteiger partial charge >= 0.3 is 6.03 Å². The lowest BCUT2D eigenvalue weighted by Crippen LogP contribution is -2.40. The highest BCUT2D eigenvalue weighted by Gasteiger charge is 2.23. The monoisotopic (exact) mass is 316 g/mol. The summed E-state index contributed by atoms with van der Waals surface area (Å²) in [6.07, 6.45) is 3.32. The maximum atomic E-state index is 12.3. The molecular weight excluding hydrogens is 292 g/mol. The standard InChI is InChI=1S/C13H24N4O3S/c1-5-7-9-21(19,20)12-14-10-17(15-12)13(18)16(8-6-2)11(3)4/h10-11H,5-9H2,1-4H3. The molecule has 0 saturated carbocycles. The Morgan fingerprint density at radius 1 is 1.33 bits per heavy atom. The molecule has 0 spiro atoms. The summed E-state index contributed by atoms with van der Waals surface area (Å²) in [4.78, 5) is 17.7. The van der Waals surface area contributed by atoms with Crippen molar-refractivity contribution in [1.82, 2.24) is 19.7 Å². The maximum Gasteiger partial charge on any atom is 0.346 e. The first-order chi connectivity index (χ1) is 9.83. The zero-order valence-corrected chi connectivity index (χ0v) is 13.9. The molecule has 8 heteroatoms. The van der Waals surface area contributed by atoms with Crippen LogP contribution in [0.5, 0.6) is 0 Å². The van der Waals surface area contributed by atoms with Crippen molar-refractivity contribution in [3.63, 3.8) is 0 Å². The number of hydrogen-bond donors (Lipinski definition) is 0. The molecule has 1 amide bonds. The summed E-state index contributed by atoms with van der Waals surface area (Å²) in [5.41, 5.74) is 0. The van der Waals surface area contributed by atoms with E-state index in [1.807, 2.05) is 27.7 Å². The summed E-state index contributed by atoms with van der Waals surface area (Å²) in [5.74, 6) is 0.00452. The third-order valence-electron chi connectivity index (χ3n) is 3.05. The van der Waals surface area contributed by atoms with Crippen LogP contribution in [0.3, 0.4) is 0 Å². The number of carbonyl (C=O) groups is 1. The molecule has 0 radical (unpaired) electrons. The molecule has 0 fully saturated rings. The quantitative estimate of drug-likeness (QED) is 0.767. The predicted molar refractivity (Wildman–Crippen MR) is 79.9 cm³/mol. The van der Waals surface area contributed by atoms with E-state index in [1.54, 1.807) is 4.90 Å². The molecule has 0 N–H and O–H groups in total. The largest absolute Gasteiger partial charge is 0.346 e. The molecule has 120 valence electrons. The highest BCUT2D eigenvalue weighted by Crippen LogP contribution is 2.09. The third kappa shape index (κ3) is 4.52. The molecular formula is C13H24N4O3S. The molecule has 1 aromatic rings. The Bertz CT molecular complexity index is 566. The van der Waals surface area contributed by atoms with Crippen molar-refractivity contribution in [2.45, 2.75) is 58.2 Å². The van der Waals surface area contributed by atoms with E-state index in [1.165, 1.54) is 6.33 Å². The molecule has 1 rings (SSSR count). The van der Waals surface area contributed by atoms with E-state index in [9.17, 15) is 13.2 Å². The third-order valence-corrected chi connectivity index (χ3v) is 4.61. The van der Waals surface area contributed by atoms with Crippen molar-refractivity contribution in [3.05, 3.63) is 6.33 Å². The van der Waals surface area contributed by atoms with Crippen LogP contribution < -0.4 is 0 Å². The Morgan fingerprint density at radius 3 is 2.52 bits per heavy atom. The number of unbranched alkanes of at least 4 members (excludes halogenated alkanes) is 1. The minimum Gasteiger partial charge on any atom is -0.320 e. The van der Waals surface area contributed by atoms with Gasteiger partial charge in [0.15, 0.2) is 0 Å². The van der Waals surface area contributed by atoms with Crippen LogP contribution in [0.25, 0.3) is 0 Å². The number of nitrogens with zero attached hydrogens (tertiary/aromatic N) is 4. The first-order valence-corrected chi connectivity index (χ1v) is 8.94. The Hall–Kier alpha value is -1.44. The van der Waals surface area contributed by atoms with E-state index < -0.39 is 9.84 Å². The second kappa shape index (κ2) is 7.53. The fourth-order valence-electron chi connectivity index (χ4n) is 1.86. The lowest BCUT2D eigenvalue weighted by atomic mass is 10.3. The molecule has 0 atom stereocenters. The van der Waals surface area contributed by atoms with Crippen molar-refractivity contribution in [3.8, 4) is 0 Å². The normalized spacial score (nSPS) is 11.9. The maximum absolute atomic E-state index is 12.3. The average Bonchev–Trinajstić information content (AvgIpc) is 2.92. The van der Waals surface area contributed by atoms with Gasteiger partial charge in [-0.25, -0.2) is 18.2 Å². The average molecular weight is 316 g/mol. The highest BCUT2D eigenvalue weighted by atomic mass is 32.2. The second-order valence-electron chi connectivity index (χ2n) is 5.21. The summed E-state index contributed by atoms with van der Waals surface area (Å²) >= 11 is 0. The van der Waals surface area contributed by atoms with Crippen LogP contribution in [0.15, 0.2) is 11.5 Å². The van der Waals surface area contributed by atoms with Crippen LogP contribution in [0.1, 0.15) is 47.0 Å². The van der Waals surface area contributed by atoms with Crippen molar-refractivity contribution < 1.29 is 13.2 Å². The first kappa shape index (κ1) is 17.6. The SMILES string of the molecule is CCCCS(=O)(=O)c1ncn(C(=O)N(CCC)C(C)C)n1. The number of sulfone groups is 1. The molecule has 0 aliphatic heterocycles. The van der Waals surface area contributed by atoms with E-state index >= 15 is 0 Å². The van der Waals surface area contributed by atoms with Gasteiger partial charge in [-0.3, -0.25) is 0 Å². The van der Waals surface area contributed by atoms with Gasteiger partial charge in [-0.15, -0.1) is 5.10 Å². The van der Waals surface area contributed by atoms with E-state index in [4.69, 9.17) is 0 Å². The van der Waals surface area contributed by atoms with Crippen LogP contribution in [0.4, 0.5) is 4.79 Å². The first-order valence-electron chi connectivity index (χ1n) is 7.28. The second-order valence-corrected chi connectivity index (χ2v) is 7.22. The van der Waals surface area contributed by atoms with Gasteiger partial charge in [-0.1, -0.05) is 20.3 Å². The van der Waals surface area contributed by atoms with E-state index in [2.05, 4.69) is 10.1 Å². The van der Waals surface area contributed by atoms with Gasteiger partial charge in [0.2, 0.25) is 9.84 Å². The molecule has 0 unspecified atom stereocenters. The summed E-state index contributed by atoms with van der Waals surface area (Å²) < 4.78 is 25.0. The zero-order chi connectivity index (χ0) is 16.0. The van der Waals surface area contributed by atoms with Crippen molar-refractivity contribution in [2.75, 3.05) is 12.3 Å². The zero-order valence-electron chi connectivity index (χ0n) is 13.1. The minimum absolute atomic E-state index is 0.00452. The van der Waals surface area contributed by atoms with Crippen LogP contribution in [0, 0.1) is 0 Å².